The number of para-hydroxylation sites is 1. The Balaban J connectivity index is 1.47. The first kappa shape index (κ1) is 15.3. The molecule has 0 fully saturated rings. The Bertz CT molecular complexity index is 1020. The van der Waals surface area contributed by atoms with Gasteiger partial charge in [-0.3, -0.25) is 4.79 Å². The smallest absolute Gasteiger partial charge is 0.248 e. The van der Waals surface area contributed by atoms with Crippen molar-refractivity contribution in [2.75, 3.05) is 5.32 Å². The lowest BCUT2D eigenvalue weighted by atomic mass is 10.2. The Morgan fingerprint density at radius 1 is 1.12 bits per heavy atom. The number of rotatable bonds is 4. The highest BCUT2D eigenvalue weighted by Crippen LogP contribution is 2.22. The van der Waals surface area contributed by atoms with Crippen LogP contribution in [0.4, 0.5) is 5.69 Å². The monoisotopic (exact) mass is 346 g/mol. The van der Waals surface area contributed by atoms with Crippen molar-refractivity contribution in [2.45, 2.75) is 0 Å². The normalized spacial score (nSPS) is 11.2. The predicted molar refractivity (Wildman–Crippen MR) is 101 cm³/mol. The standard InChI is InChI=1S/C19H14N4OS/c24-18(9-10-19-22-16-7-1-2-8-17(16)25-19)21-14-5-3-6-15(13-14)23-12-4-11-20-23/h1-13H,(H,21,24)/b10-9+. The van der Waals surface area contributed by atoms with Gasteiger partial charge >= 0.3 is 0 Å². The number of fused-ring (bicyclic) bond motifs is 1. The molecule has 0 spiro atoms. The zero-order valence-electron chi connectivity index (χ0n) is 13.2. The number of nitrogens with zero attached hydrogens (tertiary/aromatic N) is 3. The van der Waals surface area contributed by atoms with Crippen LogP contribution < -0.4 is 5.32 Å². The summed E-state index contributed by atoms with van der Waals surface area (Å²) in [6, 6.07) is 17.3. The van der Waals surface area contributed by atoms with E-state index in [9.17, 15) is 4.79 Å². The van der Waals surface area contributed by atoms with Crippen molar-refractivity contribution < 1.29 is 4.79 Å². The molecular weight excluding hydrogens is 332 g/mol. The molecule has 25 heavy (non-hydrogen) atoms. The Morgan fingerprint density at radius 3 is 2.88 bits per heavy atom. The minimum atomic E-state index is -0.197. The summed E-state index contributed by atoms with van der Waals surface area (Å²) in [5.74, 6) is -0.197. The SMILES string of the molecule is O=C(/C=C/c1nc2ccccc2s1)Nc1cccc(-n2cccn2)c1. The van der Waals surface area contributed by atoms with E-state index in [1.54, 1.807) is 28.3 Å². The minimum Gasteiger partial charge on any atom is -0.322 e. The average Bonchev–Trinajstić information content (AvgIpc) is 3.29. The van der Waals surface area contributed by atoms with Gasteiger partial charge in [-0.05, 0) is 42.5 Å². The molecule has 0 aliphatic heterocycles. The summed E-state index contributed by atoms with van der Waals surface area (Å²) in [4.78, 5) is 16.6. The van der Waals surface area contributed by atoms with E-state index in [0.717, 1.165) is 20.9 Å². The number of benzene rings is 2. The average molecular weight is 346 g/mol. The molecular formula is C19H14N4OS. The molecule has 0 saturated heterocycles. The van der Waals surface area contributed by atoms with Gasteiger partial charge in [0.1, 0.15) is 5.01 Å². The zero-order chi connectivity index (χ0) is 17.1. The Morgan fingerprint density at radius 2 is 2.04 bits per heavy atom. The summed E-state index contributed by atoms with van der Waals surface area (Å²) < 4.78 is 2.85. The van der Waals surface area contributed by atoms with E-state index >= 15 is 0 Å². The van der Waals surface area contributed by atoms with Crippen LogP contribution >= 0.6 is 11.3 Å². The second-order valence-electron chi connectivity index (χ2n) is 5.34. The first-order valence-corrected chi connectivity index (χ1v) is 8.54. The molecule has 2 aromatic carbocycles. The third-order valence-electron chi connectivity index (χ3n) is 3.57. The van der Waals surface area contributed by atoms with Crippen molar-refractivity contribution in [3.63, 3.8) is 0 Å². The lowest BCUT2D eigenvalue weighted by molar-refractivity contribution is -0.111. The highest BCUT2D eigenvalue weighted by molar-refractivity contribution is 7.19. The van der Waals surface area contributed by atoms with Crippen molar-refractivity contribution >= 4 is 39.2 Å². The van der Waals surface area contributed by atoms with Crippen LogP contribution in [-0.2, 0) is 4.79 Å². The minimum absolute atomic E-state index is 0.197. The summed E-state index contributed by atoms with van der Waals surface area (Å²) in [5, 5.41) is 7.85. The lowest BCUT2D eigenvalue weighted by Gasteiger charge is -2.05. The van der Waals surface area contributed by atoms with Crippen LogP contribution in [0.15, 0.2) is 73.1 Å². The fourth-order valence-electron chi connectivity index (χ4n) is 2.44. The molecule has 2 heterocycles. The molecule has 0 atom stereocenters. The van der Waals surface area contributed by atoms with Crippen molar-refractivity contribution in [3.8, 4) is 5.69 Å². The van der Waals surface area contributed by atoms with Gasteiger partial charge in [0, 0.05) is 24.2 Å². The summed E-state index contributed by atoms with van der Waals surface area (Å²) in [6.07, 6.45) is 6.80. The van der Waals surface area contributed by atoms with E-state index in [4.69, 9.17) is 0 Å². The van der Waals surface area contributed by atoms with Gasteiger partial charge in [0.25, 0.3) is 0 Å². The predicted octanol–water partition coefficient (Wildman–Crippen LogP) is 4.13. The van der Waals surface area contributed by atoms with E-state index in [1.165, 1.54) is 6.08 Å². The summed E-state index contributed by atoms with van der Waals surface area (Å²) in [6.45, 7) is 0. The van der Waals surface area contributed by atoms with Gasteiger partial charge < -0.3 is 5.32 Å². The molecule has 4 rings (SSSR count). The van der Waals surface area contributed by atoms with Gasteiger partial charge in [0.2, 0.25) is 5.91 Å². The molecule has 6 heteroatoms. The number of amides is 1. The van der Waals surface area contributed by atoms with Crippen LogP contribution in [0.2, 0.25) is 0 Å². The van der Waals surface area contributed by atoms with Crippen molar-refractivity contribution in [1.29, 1.82) is 0 Å². The van der Waals surface area contributed by atoms with Crippen molar-refractivity contribution in [2.24, 2.45) is 0 Å². The van der Waals surface area contributed by atoms with Crippen LogP contribution in [-0.4, -0.2) is 20.7 Å². The van der Waals surface area contributed by atoms with Crippen molar-refractivity contribution in [1.82, 2.24) is 14.8 Å². The number of carbonyl (C=O) groups is 1. The molecule has 122 valence electrons. The Labute approximate surface area is 148 Å². The van der Waals surface area contributed by atoms with Crippen LogP contribution in [0, 0.1) is 0 Å². The lowest BCUT2D eigenvalue weighted by Crippen LogP contribution is -2.08. The van der Waals surface area contributed by atoms with Gasteiger partial charge in [0.05, 0.1) is 15.9 Å². The summed E-state index contributed by atoms with van der Waals surface area (Å²) in [7, 11) is 0. The van der Waals surface area contributed by atoms with E-state index in [2.05, 4.69) is 15.4 Å². The number of nitrogens with one attached hydrogen (secondary N) is 1. The fraction of sp³-hybridized carbons (Fsp3) is 0. The summed E-state index contributed by atoms with van der Waals surface area (Å²) in [5.41, 5.74) is 2.55. The number of hydrogen-bond acceptors (Lipinski definition) is 4. The number of carbonyl (C=O) groups excluding carboxylic acids is 1. The van der Waals surface area contributed by atoms with Crippen LogP contribution in [0.5, 0.6) is 0 Å². The number of hydrogen-bond donors (Lipinski definition) is 1. The summed E-state index contributed by atoms with van der Waals surface area (Å²) >= 11 is 1.56. The third kappa shape index (κ3) is 3.49. The first-order valence-electron chi connectivity index (χ1n) is 7.73. The van der Waals surface area contributed by atoms with E-state index in [1.807, 2.05) is 60.8 Å². The fourth-order valence-corrected chi connectivity index (χ4v) is 3.31. The molecule has 2 aromatic heterocycles. The van der Waals surface area contributed by atoms with Gasteiger partial charge in [-0.2, -0.15) is 5.10 Å². The van der Waals surface area contributed by atoms with E-state index in [-0.39, 0.29) is 5.91 Å². The van der Waals surface area contributed by atoms with Gasteiger partial charge in [-0.25, -0.2) is 9.67 Å². The van der Waals surface area contributed by atoms with Crippen LogP contribution in [0.3, 0.4) is 0 Å². The van der Waals surface area contributed by atoms with Crippen LogP contribution in [0.1, 0.15) is 5.01 Å². The molecule has 0 unspecified atom stereocenters. The second kappa shape index (κ2) is 6.70. The quantitative estimate of drug-likeness (QED) is 0.565. The van der Waals surface area contributed by atoms with Gasteiger partial charge in [-0.1, -0.05) is 18.2 Å². The first-order chi connectivity index (χ1) is 12.3. The number of anilines is 1. The highest BCUT2D eigenvalue weighted by atomic mass is 32.1. The number of aromatic nitrogens is 3. The van der Waals surface area contributed by atoms with E-state index < -0.39 is 0 Å². The zero-order valence-corrected chi connectivity index (χ0v) is 14.0. The molecule has 1 N–H and O–H groups in total. The maximum Gasteiger partial charge on any atom is 0.248 e. The van der Waals surface area contributed by atoms with Gasteiger partial charge in [-0.15, -0.1) is 11.3 Å². The highest BCUT2D eigenvalue weighted by Gasteiger charge is 2.03. The Kier molecular flexibility index (Phi) is 4.10. The third-order valence-corrected chi connectivity index (χ3v) is 4.57. The molecule has 1 amide bonds. The number of thiazole rings is 1. The molecule has 0 bridgehead atoms. The van der Waals surface area contributed by atoms with Crippen LogP contribution in [0.25, 0.3) is 22.0 Å². The van der Waals surface area contributed by atoms with E-state index in [0.29, 0.717) is 5.69 Å². The molecule has 0 saturated carbocycles. The largest absolute Gasteiger partial charge is 0.322 e. The van der Waals surface area contributed by atoms with Crippen molar-refractivity contribution in [3.05, 3.63) is 78.1 Å². The molecule has 0 aliphatic carbocycles. The molecule has 0 radical (unpaired) electrons. The maximum absolute atomic E-state index is 12.2. The molecule has 5 nitrogen and oxygen atoms in total. The molecule has 4 aromatic rings. The molecule has 0 aliphatic rings. The second-order valence-corrected chi connectivity index (χ2v) is 6.41. The van der Waals surface area contributed by atoms with Gasteiger partial charge in [0.15, 0.2) is 0 Å². The Hall–Kier alpha value is -3.25. The maximum atomic E-state index is 12.2. The topological polar surface area (TPSA) is 59.8 Å².